The first kappa shape index (κ1) is 12.7. The van der Waals surface area contributed by atoms with Gasteiger partial charge in [-0.1, -0.05) is 48.0 Å². The molecule has 94 valence electrons. The summed E-state index contributed by atoms with van der Waals surface area (Å²) in [4.78, 5) is 0. The van der Waals surface area contributed by atoms with Gasteiger partial charge in [0.05, 0.1) is 6.04 Å². The lowest BCUT2D eigenvalue weighted by Gasteiger charge is -2.18. The fourth-order valence-corrected chi connectivity index (χ4v) is 2.02. The quantitative estimate of drug-likeness (QED) is 0.643. The largest absolute Gasteiger partial charge is 0.271 e. The molecule has 0 fully saturated rings. The fraction of sp³-hybridized carbons (Fsp3) is 0.200. The molecule has 0 heterocycles. The van der Waals surface area contributed by atoms with Gasteiger partial charge in [-0.25, -0.2) is 9.82 Å². The number of benzene rings is 2. The summed E-state index contributed by atoms with van der Waals surface area (Å²) in [7, 11) is 0. The molecule has 18 heavy (non-hydrogen) atoms. The SMILES string of the molecule is Cc1ccc(C(NN)c2cccc(C)c2F)cc1. The van der Waals surface area contributed by atoms with Gasteiger partial charge in [0.15, 0.2) is 0 Å². The van der Waals surface area contributed by atoms with Crippen molar-refractivity contribution in [2.75, 3.05) is 0 Å². The summed E-state index contributed by atoms with van der Waals surface area (Å²) in [5.74, 6) is 5.37. The lowest BCUT2D eigenvalue weighted by Crippen LogP contribution is -2.29. The van der Waals surface area contributed by atoms with E-state index in [-0.39, 0.29) is 11.9 Å². The van der Waals surface area contributed by atoms with E-state index in [9.17, 15) is 4.39 Å². The van der Waals surface area contributed by atoms with Gasteiger partial charge < -0.3 is 0 Å². The van der Waals surface area contributed by atoms with Crippen LogP contribution in [0.3, 0.4) is 0 Å². The first-order valence-electron chi connectivity index (χ1n) is 5.91. The van der Waals surface area contributed by atoms with E-state index in [4.69, 9.17) is 5.84 Å². The molecule has 0 aliphatic rings. The van der Waals surface area contributed by atoms with Crippen LogP contribution in [0.25, 0.3) is 0 Å². The highest BCUT2D eigenvalue weighted by Crippen LogP contribution is 2.25. The van der Waals surface area contributed by atoms with E-state index in [0.717, 1.165) is 5.56 Å². The smallest absolute Gasteiger partial charge is 0.131 e. The van der Waals surface area contributed by atoms with Gasteiger partial charge in [0.25, 0.3) is 0 Å². The predicted molar refractivity (Wildman–Crippen MR) is 71.5 cm³/mol. The maximum absolute atomic E-state index is 14.1. The van der Waals surface area contributed by atoms with E-state index < -0.39 is 0 Å². The molecule has 0 aromatic heterocycles. The Kier molecular flexibility index (Phi) is 3.75. The predicted octanol–water partition coefficient (Wildman–Crippen LogP) is 3.00. The number of hydrogen-bond donors (Lipinski definition) is 2. The third-order valence-corrected chi connectivity index (χ3v) is 3.11. The normalized spacial score (nSPS) is 12.4. The van der Waals surface area contributed by atoms with Crippen molar-refractivity contribution in [2.24, 2.45) is 5.84 Å². The van der Waals surface area contributed by atoms with Crippen LogP contribution in [-0.2, 0) is 0 Å². The van der Waals surface area contributed by atoms with Crippen LogP contribution in [0.4, 0.5) is 4.39 Å². The van der Waals surface area contributed by atoms with Crippen molar-refractivity contribution < 1.29 is 4.39 Å². The van der Waals surface area contributed by atoms with Crippen molar-refractivity contribution in [1.29, 1.82) is 0 Å². The Hall–Kier alpha value is -1.71. The standard InChI is InChI=1S/C15H17FN2/c1-10-6-8-12(9-7-10)15(18-17)13-5-3-4-11(2)14(13)16/h3-9,15,18H,17H2,1-2H3. The van der Waals surface area contributed by atoms with Crippen LogP contribution in [0.1, 0.15) is 28.3 Å². The topological polar surface area (TPSA) is 38.0 Å². The van der Waals surface area contributed by atoms with Gasteiger partial charge >= 0.3 is 0 Å². The highest BCUT2D eigenvalue weighted by atomic mass is 19.1. The Morgan fingerprint density at radius 2 is 1.72 bits per heavy atom. The first-order chi connectivity index (χ1) is 8.63. The fourth-order valence-electron chi connectivity index (χ4n) is 2.02. The highest BCUT2D eigenvalue weighted by molar-refractivity contribution is 5.36. The van der Waals surface area contributed by atoms with Crippen molar-refractivity contribution >= 4 is 0 Å². The molecule has 2 rings (SSSR count). The average molecular weight is 244 g/mol. The summed E-state index contributed by atoms with van der Waals surface area (Å²) in [5.41, 5.74) is 6.00. The van der Waals surface area contributed by atoms with E-state index in [0.29, 0.717) is 11.1 Å². The van der Waals surface area contributed by atoms with Gasteiger partial charge in [0.2, 0.25) is 0 Å². The molecule has 2 aromatic carbocycles. The Bertz CT molecular complexity index is 535. The van der Waals surface area contributed by atoms with Gasteiger partial charge in [0.1, 0.15) is 5.82 Å². The monoisotopic (exact) mass is 244 g/mol. The summed E-state index contributed by atoms with van der Waals surface area (Å²) in [6, 6.07) is 12.9. The third-order valence-electron chi connectivity index (χ3n) is 3.11. The molecule has 0 saturated heterocycles. The molecule has 0 radical (unpaired) electrons. The second-order valence-electron chi connectivity index (χ2n) is 4.49. The second-order valence-corrected chi connectivity index (χ2v) is 4.49. The number of halogens is 1. The molecule has 2 aromatic rings. The zero-order valence-corrected chi connectivity index (χ0v) is 10.6. The van der Waals surface area contributed by atoms with Gasteiger partial charge in [0, 0.05) is 5.56 Å². The number of hydrazine groups is 1. The molecule has 3 heteroatoms. The van der Waals surface area contributed by atoms with Gasteiger partial charge in [-0.05, 0) is 25.0 Å². The lowest BCUT2D eigenvalue weighted by molar-refractivity contribution is 0.554. The maximum atomic E-state index is 14.1. The number of nitrogens with one attached hydrogen (secondary N) is 1. The minimum atomic E-state index is -0.328. The van der Waals surface area contributed by atoms with Crippen molar-refractivity contribution in [1.82, 2.24) is 5.43 Å². The molecule has 1 atom stereocenters. The van der Waals surface area contributed by atoms with Crippen LogP contribution in [0.2, 0.25) is 0 Å². The van der Waals surface area contributed by atoms with Crippen molar-refractivity contribution in [3.8, 4) is 0 Å². The second kappa shape index (κ2) is 5.29. The van der Waals surface area contributed by atoms with Crippen molar-refractivity contribution in [3.63, 3.8) is 0 Å². The van der Waals surface area contributed by atoms with E-state index in [2.05, 4.69) is 5.43 Å². The Labute approximate surface area is 107 Å². The van der Waals surface area contributed by atoms with E-state index in [1.807, 2.05) is 37.3 Å². The zero-order chi connectivity index (χ0) is 13.1. The molecule has 0 saturated carbocycles. The Morgan fingerprint density at radius 1 is 1.06 bits per heavy atom. The molecule has 1 unspecified atom stereocenters. The van der Waals surface area contributed by atoms with Crippen molar-refractivity contribution in [2.45, 2.75) is 19.9 Å². The van der Waals surface area contributed by atoms with E-state index >= 15 is 0 Å². The molecule has 0 amide bonds. The summed E-state index contributed by atoms with van der Waals surface area (Å²) in [5, 5.41) is 0. The summed E-state index contributed by atoms with van der Waals surface area (Å²) in [6.07, 6.45) is 0. The molecule has 0 aliphatic heterocycles. The molecular formula is C15H17FN2. The number of nitrogens with two attached hydrogens (primary N) is 1. The molecular weight excluding hydrogens is 227 g/mol. The third kappa shape index (κ3) is 2.42. The van der Waals surface area contributed by atoms with E-state index in [1.54, 1.807) is 19.1 Å². The van der Waals surface area contributed by atoms with Crippen LogP contribution < -0.4 is 11.3 Å². The maximum Gasteiger partial charge on any atom is 0.131 e. The molecule has 3 N–H and O–H groups in total. The summed E-state index contributed by atoms with van der Waals surface area (Å²) < 4.78 is 14.1. The average Bonchev–Trinajstić information content (AvgIpc) is 2.37. The van der Waals surface area contributed by atoms with Crippen LogP contribution >= 0.6 is 0 Å². The van der Waals surface area contributed by atoms with Crippen molar-refractivity contribution in [3.05, 3.63) is 70.5 Å². The number of rotatable bonds is 3. The van der Waals surface area contributed by atoms with Crippen LogP contribution in [-0.4, -0.2) is 0 Å². The molecule has 0 aliphatic carbocycles. The molecule has 0 bridgehead atoms. The molecule has 0 spiro atoms. The van der Waals surface area contributed by atoms with E-state index in [1.165, 1.54) is 5.56 Å². The number of aryl methyl sites for hydroxylation is 2. The van der Waals surface area contributed by atoms with Gasteiger partial charge in [-0.2, -0.15) is 0 Å². The van der Waals surface area contributed by atoms with Gasteiger partial charge in [-0.3, -0.25) is 5.84 Å². The minimum Gasteiger partial charge on any atom is -0.271 e. The summed E-state index contributed by atoms with van der Waals surface area (Å²) in [6.45, 7) is 3.77. The zero-order valence-electron chi connectivity index (χ0n) is 10.6. The summed E-state index contributed by atoms with van der Waals surface area (Å²) >= 11 is 0. The van der Waals surface area contributed by atoms with Crippen LogP contribution in [0.5, 0.6) is 0 Å². The highest BCUT2D eigenvalue weighted by Gasteiger charge is 2.17. The lowest BCUT2D eigenvalue weighted by atomic mass is 9.96. The Balaban J connectivity index is 2.45. The van der Waals surface area contributed by atoms with Crippen LogP contribution in [0.15, 0.2) is 42.5 Å². The minimum absolute atomic E-state index is 0.207. The van der Waals surface area contributed by atoms with Crippen LogP contribution in [0, 0.1) is 19.7 Å². The molecule has 2 nitrogen and oxygen atoms in total. The first-order valence-corrected chi connectivity index (χ1v) is 5.91. The van der Waals surface area contributed by atoms with Gasteiger partial charge in [-0.15, -0.1) is 0 Å². The Morgan fingerprint density at radius 3 is 2.33 bits per heavy atom. The number of hydrogen-bond acceptors (Lipinski definition) is 2.